The minimum absolute atomic E-state index is 0.170. The van der Waals surface area contributed by atoms with Gasteiger partial charge in [-0.1, -0.05) is 79.7 Å². The van der Waals surface area contributed by atoms with E-state index < -0.39 is 6.10 Å². The Morgan fingerprint density at radius 1 is 0.743 bits per heavy atom. The third-order valence-corrected chi connectivity index (χ3v) is 5.75. The Bertz CT molecular complexity index is 1170. The summed E-state index contributed by atoms with van der Waals surface area (Å²) in [6.07, 6.45) is 1.92. The Labute approximate surface area is 207 Å². The zero-order valence-electron chi connectivity index (χ0n) is 20.0. The van der Waals surface area contributed by atoms with Gasteiger partial charge in [-0.05, 0) is 72.4 Å². The van der Waals surface area contributed by atoms with Crippen molar-refractivity contribution in [3.8, 4) is 22.6 Å². The maximum absolute atomic E-state index is 12.8. The summed E-state index contributed by atoms with van der Waals surface area (Å²) in [5.41, 5.74) is 4.28. The second kappa shape index (κ2) is 12.4. The molecular formula is C31H31NO3. The van der Waals surface area contributed by atoms with Crippen molar-refractivity contribution in [2.75, 3.05) is 11.9 Å². The molecule has 0 heterocycles. The Hall–Kier alpha value is -4.05. The lowest BCUT2D eigenvalue weighted by atomic mass is 10.1. The van der Waals surface area contributed by atoms with Crippen molar-refractivity contribution >= 4 is 11.6 Å². The van der Waals surface area contributed by atoms with Gasteiger partial charge in [0.05, 0.1) is 6.61 Å². The van der Waals surface area contributed by atoms with Gasteiger partial charge in [0.25, 0.3) is 5.91 Å². The molecule has 0 aromatic heterocycles. The monoisotopic (exact) mass is 465 g/mol. The SMILES string of the molecule is CCC(Oc1ccc(-c2ccccc2)cc1)C(=O)Nc1ccc(OCCCc2ccccc2)cc1. The molecule has 0 radical (unpaired) electrons. The number of hydrogen-bond donors (Lipinski definition) is 1. The third kappa shape index (κ3) is 7.21. The number of rotatable bonds is 11. The molecular weight excluding hydrogens is 434 g/mol. The van der Waals surface area contributed by atoms with E-state index in [1.807, 2.05) is 79.7 Å². The third-order valence-electron chi connectivity index (χ3n) is 5.75. The zero-order valence-corrected chi connectivity index (χ0v) is 20.0. The van der Waals surface area contributed by atoms with Crippen molar-refractivity contribution in [2.24, 2.45) is 0 Å². The van der Waals surface area contributed by atoms with Crippen LogP contribution >= 0.6 is 0 Å². The maximum atomic E-state index is 12.8. The van der Waals surface area contributed by atoms with Crippen LogP contribution in [0.1, 0.15) is 25.3 Å². The van der Waals surface area contributed by atoms with Crippen molar-refractivity contribution in [3.63, 3.8) is 0 Å². The van der Waals surface area contributed by atoms with E-state index in [9.17, 15) is 4.79 Å². The summed E-state index contributed by atoms with van der Waals surface area (Å²) >= 11 is 0. The first kappa shape index (κ1) is 24.1. The van der Waals surface area contributed by atoms with Gasteiger partial charge in [-0.15, -0.1) is 0 Å². The Kier molecular flexibility index (Phi) is 8.55. The molecule has 0 spiro atoms. The Morgan fingerprint density at radius 2 is 1.34 bits per heavy atom. The standard InChI is InChI=1S/C31H31NO3/c1-2-30(35-29-19-15-26(16-20-29)25-13-7-4-8-14-25)31(33)32-27-17-21-28(22-18-27)34-23-9-12-24-10-5-3-6-11-24/h3-8,10-11,13-22,30H,2,9,12,23H2,1H3,(H,32,33). The highest BCUT2D eigenvalue weighted by atomic mass is 16.5. The van der Waals surface area contributed by atoms with Gasteiger partial charge in [-0.2, -0.15) is 0 Å². The van der Waals surface area contributed by atoms with Gasteiger partial charge in [0, 0.05) is 5.69 Å². The molecule has 4 rings (SSSR count). The van der Waals surface area contributed by atoms with Gasteiger partial charge in [-0.3, -0.25) is 4.79 Å². The predicted molar refractivity (Wildman–Crippen MR) is 142 cm³/mol. The van der Waals surface area contributed by atoms with Crippen molar-refractivity contribution in [1.29, 1.82) is 0 Å². The lowest BCUT2D eigenvalue weighted by molar-refractivity contribution is -0.122. The van der Waals surface area contributed by atoms with Crippen LogP contribution in [0.3, 0.4) is 0 Å². The molecule has 4 heteroatoms. The van der Waals surface area contributed by atoms with Crippen LogP contribution in [0.5, 0.6) is 11.5 Å². The molecule has 0 saturated carbocycles. The van der Waals surface area contributed by atoms with Gasteiger partial charge >= 0.3 is 0 Å². The van der Waals surface area contributed by atoms with Crippen LogP contribution in [-0.2, 0) is 11.2 Å². The molecule has 4 aromatic rings. The fraction of sp³-hybridized carbons (Fsp3) is 0.194. The van der Waals surface area contributed by atoms with Crippen molar-refractivity contribution < 1.29 is 14.3 Å². The highest BCUT2D eigenvalue weighted by molar-refractivity contribution is 5.94. The molecule has 0 saturated heterocycles. The van der Waals surface area contributed by atoms with E-state index in [0.717, 1.165) is 29.7 Å². The lowest BCUT2D eigenvalue weighted by Gasteiger charge is -2.18. The van der Waals surface area contributed by atoms with E-state index >= 15 is 0 Å². The summed E-state index contributed by atoms with van der Waals surface area (Å²) < 4.78 is 11.8. The first-order valence-electron chi connectivity index (χ1n) is 12.1. The Balaban J connectivity index is 1.25. The molecule has 4 aromatic carbocycles. The van der Waals surface area contributed by atoms with Crippen molar-refractivity contribution in [3.05, 3.63) is 115 Å². The minimum Gasteiger partial charge on any atom is -0.494 e. The van der Waals surface area contributed by atoms with Crippen LogP contribution < -0.4 is 14.8 Å². The van der Waals surface area contributed by atoms with E-state index in [0.29, 0.717) is 24.5 Å². The average Bonchev–Trinajstić information content (AvgIpc) is 2.92. The van der Waals surface area contributed by atoms with E-state index in [1.165, 1.54) is 5.56 Å². The average molecular weight is 466 g/mol. The Morgan fingerprint density at radius 3 is 2.00 bits per heavy atom. The first-order chi connectivity index (χ1) is 17.2. The molecule has 4 nitrogen and oxygen atoms in total. The fourth-order valence-corrected chi connectivity index (χ4v) is 3.81. The number of carbonyl (C=O) groups is 1. The fourth-order valence-electron chi connectivity index (χ4n) is 3.81. The molecule has 1 unspecified atom stereocenters. The van der Waals surface area contributed by atoms with Crippen LogP contribution in [0, 0.1) is 0 Å². The van der Waals surface area contributed by atoms with Crippen LogP contribution in [0.2, 0.25) is 0 Å². The number of ether oxygens (including phenoxy) is 2. The molecule has 0 fully saturated rings. The van der Waals surface area contributed by atoms with Gasteiger partial charge < -0.3 is 14.8 Å². The van der Waals surface area contributed by atoms with Crippen LogP contribution in [-0.4, -0.2) is 18.6 Å². The molecule has 178 valence electrons. The highest BCUT2D eigenvalue weighted by Crippen LogP contribution is 2.23. The molecule has 0 aliphatic rings. The van der Waals surface area contributed by atoms with Gasteiger partial charge in [0.15, 0.2) is 6.10 Å². The molecule has 1 atom stereocenters. The number of amides is 1. The second-order valence-corrected chi connectivity index (χ2v) is 8.36. The van der Waals surface area contributed by atoms with Gasteiger partial charge in [-0.25, -0.2) is 0 Å². The number of anilines is 1. The highest BCUT2D eigenvalue weighted by Gasteiger charge is 2.18. The van der Waals surface area contributed by atoms with Crippen LogP contribution in [0.4, 0.5) is 5.69 Å². The lowest BCUT2D eigenvalue weighted by Crippen LogP contribution is -2.32. The quantitative estimate of drug-likeness (QED) is 0.239. The summed E-state index contributed by atoms with van der Waals surface area (Å²) in [6.45, 7) is 2.59. The number of hydrogen-bond acceptors (Lipinski definition) is 3. The van der Waals surface area contributed by atoms with Gasteiger partial charge in [0.1, 0.15) is 11.5 Å². The topological polar surface area (TPSA) is 47.6 Å². The normalized spacial score (nSPS) is 11.5. The summed E-state index contributed by atoms with van der Waals surface area (Å²) in [6, 6.07) is 35.8. The molecule has 1 N–H and O–H groups in total. The summed E-state index contributed by atoms with van der Waals surface area (Å²) in [7, 11) is 0. The number of benzene rings is 4. The van der Waals surface area contributed by atoms with E-state index in [2.05, 4.69) is 41.7 Å². The summed E-state index contributed by atoms with van der Waals surface area (Å²) in [5.74, 6) is 1.29. The smallest absolute Gasteiger partial charge is 0.265 e. The molecule has 35 heavy (non-hydrogen) atoms. The molecule has 0 aliphatic carbocycles. The maximum Gasteiger partial charge on any atom is 0.265 e. The summed E-state index contributed by atoms with van der Waals surface area (Å²) in [5, 5.41) is 2.95. The second-order valence-electron chi connectivity index (χ2n) is 8.36. The van der Waals surface area contributed by atoms with E-state index in [4.69, 9.17) is 9.47 Å². The largest absolute Gasteiger partial charge is 0.494 e. The number of aryl methyl sites for hydroxylation is 1. The summed E-state index contributed by atoms with van der Waals surface area (Å²) in [4.78, 5) is 12.8. The van der Waals surface area contributed by atoms with Crippen LogP contribution in [0.25, 0.3) is 11.1 Å². The number of carbonyl (C=O) groups excluding carboxylic acids is 1. The van der Waals surface area contributed by atoms with E-state index in [-0.39, 0.29) is 5.91 Å². The molecule has 0 bridgehead atoms. The molecule has 0 aliphatic heterocycles. The van der Waals surface area contributed by atoms with Crippen molar-refractivity contribution in [2.45, 2.75) is 32.3 Å². The van der Waals surface area contributed by atoms with Crippen molar-refractivity contribution in [1.82, 2.24) is 0 Å². The minimum atomic E-state index is -0.577. The number of nitrogens with one attached hydrogen (secondary N) is 1. The van der Waals surface area contributed by atoms with Crippen LogP contribution in [0.15, 0.2) is 109 Å². The molecule has 1 amide bonds. The first-order valence-corrected chi connectivity index (χ1v) is 12.1. The zero-order chi connectivity index (χ0) is 24.3. The van der Waals surface area contributed by atoms with Gasteiger partial charge in [0.2, 0.25) is 0 Å². The predicted octanol–water partition coefficient (Wildman–Crippen LogP) is 7.16. The van der Waals surface area contributed by atoms with E-state index in [1.54, 1.807) is 0 Å².